The summed E-state index contributed by atoms with van der Waals surface area (Å²) in [6.45, 7) is 3.62. The second kappa shape index (κ2) is 6.84. The van der Waals surface area contributed by atoms with Gasteiger partial charge in [-0.2, -0.15) is 8.42 Å². The van der Waals surface area contributed by atoms with Gasteiger partial charge in [-0.15, -0.1) is 0 Å². The topological polar surface area (TPSA) is 92.9 Å². The third-order valence-electron chi connectivity index (χ3n) is 2.45. The molecule has 18 heavy (non-hydrogen) atoms. The summed E-state index contributed by atoms with van der Waals surface area (Å²) >= 11 is 0. The Labute approximate surface area is 108 Å². The van der Waals surface area contributed by atoms with E-state index >= 15 is 0 Å². The Morgan fingerprint density at radius 2 is 1.94 bits per heavy atom. The van der Waals surface area contributed by atoms with Crippen LogP contribution in [-0.4, -0.2) is 32.2 Å². The lowest BCUT2D eigenvalue weighted by Gasteiger charge is -1.95. The quantitative estimate of drug-likeness (QED) is 0.638. The molecule has 1 aliphatic heterocycles. The van der Waals surface area contributed by atoms with Gasteiger partial charge in [-0.05, 0) is 38.4 Å². The highest BCUT2D eigenvalue weighted by atomic mass is 32.2. The second-order valence-corrected chi connectivity index (χ2v) is 5.60. The lowest BCUT2D eigenvalue weighted by atomic mass is 10.2. The van der Waals surface area contributed by atoms with Gasteiger partial charge in [-0.25, -0.2) is 0 Å². The van der Waals surface area contributed by atoms with Gasteiger partial charge in [0.25, 0.3) is 10.1 Å². The van der Waals surface area contributed by atoms with Gasteiger partial charge in [0.1, 0.15) is 0 Å². The Hall–Kier alpha value is -0.950. The predicted octanol–water partition coefficient (Wildman–Crippen LogP) is 1.37. The molecule has 0 amide bonds. The molecule has 6 heteroatoms. The fourth-order valence-corrected chi connectivity index (χ4v) is 1.77. The number of benzene rings is 1. The molecule has 0 saturated carbocycles. The zero-order valence-electron chi connectivity index (χ0n) is 10.4. The van der Waals surface area contributed by atoms with Gasteiger partial charge in [0, 0.05) is 0 Å². The molecule has 1 unspecified atom stereocenters. The minimum Gasteiger partial charge on any atom is -0.373 e. The van der Waals surface area contributed by atoms with Crippen LogP contribution in [0.4, 0.5) is 0 Å². The number of epoxide rings is 1. The van der Waals surface area contributed by atoms with E-state index in [2.05, 4.69) is 0 Å². The average molecular weight is 273 g/mol. The van der Waals surface area contributed by atoms with Gasteiger partial charge >= 0.3 is 0 Å². The molecule has 1 aliphatic rings. The van der Waals surface area contributed by atoms with Crippen molar-refractivity contribution in [1.29, 1.82) is 0 Å². The van der Waals surface area contributed by atoms with Crippen LogP contribution in [0.3, 0.4) is 0 Å². The SMILES string of the molecule is Cc1ccc(S(=O)(=O)O)cc1.NCCCC1CO1. The minimum absolute atomic E-state index is 0.0666. The summed E-state index contributed by atoms with van der Waals surface area (Å²) in [7, 11) is -4.02. The van der Waals surface area contributed by atoms with Crippen molar-refractivity contribution in [1.82, 2.24) is 0 Å². The Bertz CT molecular complexity index is 451. The Morgan fingerprint density at radius 3 is 2.33 bits per heavy atom. The van der Waals surface area contributed by atoms with Gasteiger partial charge < -0.3 is 10.5 Å². The van der Waals surface area contributed by atoms with Crippen molar-refractivity contribution in [2.75, 3.05) is 13.2 Å². The van der Waals surface area contributed by atoms with Crippen molar-refractivity contribution in [3.05, 3.63) is 29.8 Å². The number of nitrogens with two attached hydrogens (primary N) is 1. The first-order chi connectivity index (χ1) is 8.43. The summed E-state index contributed by atoms with van der Waals surface area (Å²) in [4.78, 5) is -0.0666. The van der Waals surface area contributed by atoms with E-state index in [1.807, 2.05) is 6.92 Å². The fraction of sp³-hybridized carbons (Fsp3) is 0.500. The molecule has 0 radical (unpaired) electrons. The number of aryl methyl sites for hydroxylation is 1. The predicted molar refractivity (Wildman–Crippen MR) is 69.0 cm³/mol. The van der Waals surface area contributed by atoms with Crippen LogP contribution >= 0.6 is 0 Å². The van der Waals surface area contributed by atoms with Crippen LogP contribution in [-0.2, 0) is 14.9 Å². The molecule has 1 saturated heterocycles. The van der Waals surface area contributed by atoms with E-state index in [4.69, 9.17) is 15.0 Å². The molecule has 0 aromatic heterocycles. The van der Waals surface area contributed by atoms with Gasteiger partial charge in [-0.3, -0.25) is 4.55 Å². The molecule has 0 bridgehead atoms. The lowest BCUT2D eigenvalue weighted by Crippen LogP contribution is -1.99. The number of hydrogen-bond donors (Lipinski definition) is 2. The van der Waals surface area contributed by atoms with E-state index in [0.717, 1.165) is 31.6 Å². The third kappa shape index (κ3) is 6.11. The maximum absolute atomic E-state index is 10.5. The van der Waals surface area contributed by atoms with Crippen molar-refractivity contribution >= 4 is 10.1 Å². The minimum atomic E-state index is -4.02. The second-order valence-electron chi connectivity index (χ2n) is 4.17. The standard InChI is InChI=1S/C7H8O3S.C5H11NO/c1-6-2-4-7(5-3-6)11(8,9)10;6-3-1-2-5-4-7-5/h2-5H,1H3,(H,8,9,10);5H,1-4,6H2. The first-order valence-corrected chi connectivity index (χ1v) is 7.23. The first-order valence-electron chi connectivity index (χ1n) is 5.79. The molecule has 1 aromatic rings. The largest absolute Gasteiger partial charge is 0.373 e. The molecule has 1 fully saturated rings. The summed E-state index contributed by atoms with van der Waals surface area (Å²) in [5, 5.41) is 0. The summed E-state index contributed by atoms with van der Waals surface area (Å²) < 4.78 is 34.5. The Balaban J connectivity index is 0.000000199. The van der Waals surface area contributed by atoms with E-state index in [0.29, 0.717) is 6.10 Å². The van der Waals surface area contributed by atoms with E-state index in [1.165, 1.54) is 12.1 Å². The average Bonchev–Trinajstić information content (AvgIpc) is 3.10. The lowest BCUT2D eigenvalue weighted by molar-refractivity contribution is 0.393. The highest BCUT2D eigenvalue weighted by Gasteiger charge is 2.20. The van der Waals surface area contributed by atoms with E-state index in [-0.39, 0.29) is 4.90 Å². The van der Waals surface area contributed by atoms with Crippen molar-refractivity contribution in [3.63, 3.8) is 0 Å². The first kappa shape index (κ1) is 15.1. The molecule has 3 N–H and O–H groups in total. The zero-order chi connectivity index (χ0) is 13.6. The Morgan fingerprint density at radius 1 is 1.39 bits per heavy atom. The van der Waals surface area contributed by atoms with E-state index < -0.39 is 10.1 Å². The monoisotopic (exact) mass is 273 g/mol. The van der Waals surface area contributed by atoms with Crippen LogP contribution in [0.2, 0.25) is 0 Å². The van der Waals surface area contributed by atoms with Crippen molar-refractivity contribution in [2.24, 2.45) is 5.73 Å². The van der Waals surface area contributed by atoms with Crippen LogP contribution in [0.15, 0.2) is 29.2 Å². The summed E-state index contributed by atoms with van der Waals surface area (Å²) in [6.07, 6.45) is 2.85. The van der Waals surface area contributed by atoms with Gasteiger partial charge in [-0.1, -0.05) is 17.7 Å². The highest BCUT2D eigenvalue weighted by Crippen LogP contribution is 2.14. The number of ether oxygens (including phenoxy) is 1. The molecular formula is C12H19NO4S. The molecule has 1 heterocycles. The molecule has 1 aromatic carbocycles. The molecule has 5 nitrogen and oxygen atoms in total. The third-order valence-corrected chi connectivity index (χ3v) is 3.32. The van der Waals surface area contributed by atoms with E-state index in [9.17, 15) is 8.42 Å². The van der Waals surface area contributed by atoms with Crippen molar-refractivity contribution in [3.8, 4) is 0 Å². The maximum Gasteiger partial charge on any atom is 0.294 e. The van der Waals surface area contributed by atoms with Crippen LogP contribution < -0.4 is 5.73 Å². The summed E-state index contributed by atoms with van der Waals surface area (Å²) in [5.41, 5.74) is 6.20. The number of rotatable bonds is 4. The molecule has 102 valence electrons. The van der Waals surface area contributed by atoms with Crippen LogP contribution in [0.5, 0.6) is 0 Å². The number of hydrogen-bond acceptors (Lipinski definition) is 4. The summed E-state index contributed by atoms with van der Waals surface area (Å²) in [6, 6.07) is 5.99. The van der Waals surface area contributed by atoms with Crippen LogP contribution in [0, 0.1) is 6.92 Å². The molecule has 1 atom stereocenters. The zero-order valence-corrected chi connectivity index (χ0v) is 11.2. The highest BCUT2D eigenvalue weighted by molar-refractivity contribution is 7.85. The van der Waals surface area contributed by atoms with Crippen LogP contribution in [0.1, 0.15) is 18.4 Å². The molecular weight excluding hydrogens is 254 g/mol. The molecule has 0 spiro atoms. The van der Waals surface area contributed by atoms with Crippen molar-refractivity contribution in [2.45, 2.75) is 30.8 Å². The van der Waals surface area contributed by atoms with Gasteiger partial charge in [0.2, 0.25) is 0 Å². The molecule has 2 rings (SSSR count). The fourth-order valence-electron chi connectivity index (χ4n) is 1.29. The van der Waals surface area contributed by atoms with Gasteiger partial charge in [0.15, 0.2) is 0 Å². The molecule has 0 aliphatic carbocycles. The van der Waals surface area contributed by atoms with E-state index in [1.54, 1.807) is 12.1 Å². The van der Waals surface area contributed by atoms with Crippen molar-refractivity contribution < 1.29 is 17.7 Å². The van der Waals surface area contributed by atoms with Gasteiger partial charge in [0.05, 0.1) is 17.6 Å². The summed E-state index contributed by atoms with van der Waals surface area (Å²) in [5.74, 6) is 0. The maximum atomic E-state index is 10.5. The smallest absolute Gasteiger partial charge is 0.294 e. The van der Waals surface area contributed by atoms with Crippen LogP contribution in [0.25, 0.3) is 0 Å². The Kier molecular flexibility index (Phi) is 5.74. The normalized spacial score (nSPS) is 17.8.